The third-order valence-corrected chi connectivity index (χ3v) is 5.14. The molecule has 2 aromatic carbocycles. The van der Waals surface area contributed by atoms with Gasteiger partial charge in [0, 0.05) is 29.4 Å². The normalized spacial score (nSPS) is 11.0. The molecule has 0 amide bonds. The SMILES string of the molecule is COc1ccc(-c2cc3nc(C)c(C)c(NCc4ccc(F)cc4)n3n2)cc1OC. The van der Waals surface area contributed by atoms with E-state index in [2.05, 4.69) is 10.3 Å². The van der Waals surface area contributed by atoms with Gasteiger partial charge in [0.1, 0.15) is 11.6 Å². The second-order valence-corrected chi connectivity index (χ2v) is 7.02. The molecule has 1 N–H and O–H groups in total. The topological polar surface area (TPSA) is 60.7 Å². The third-order valence-electron chi connectivity index (χ3n) is 5.14. The Bertz CT molecular complexity index is 1200. The van der Waals surface area contributed by atoms with Gasteiger partial charge in [-0.1, -0.05) is 12.1 Å². The summed E-state index contributed by atoms with van der Waals surface area (Å²) in [5.74, 6) is 1.91. The Balaban J connectivity index is 1.73. The van der Waals surface area contributed by atoms with Crippen LogP contribution in [0, 0.1) is 19.7 Å². The Kier molecular flexibility index (Phi) is 5.27. The highest BCUT2D eigenvalue weighted by atomic mass is 19.1. The zero-order chi connectivity index (χ0) is 21.3. The molecule has 0 unspecified atom stereocenters. The van der Waals surface area contributed by atoms with Crippen LogP contribution in [-0.2, 0) is 6.54 Å². The van der Waals surface area contributed by atoms with E-state index < -0.39 is 0 Å². The number of halogens is 1. The fourth-order valence-electron chi connectivity index (χ4n) is 3.33. The Morgan fingerprint density at radius 3 is 2.40 bits per heavy atom. The van der Waals surface area contributed by atoms with Gasteiger partial charge >= 0.3 is 0 Å². The third kappa shape index (κ3) is 3.66. The molecule has 7 heteroatoms. The molecule has 30 heavy (non-hydrogen) atoms. The quantitative estimate of drug-likeness (QED) is 0.499. The minimum atomic E-state index is -0.247. The smallest absolute Gasteiger partial charge is 0.161 e. The second-order valence-electron chi connectivity index (χ2n) is 7.02. The molecule has 0 aliphatic carbocycles. The summed E-state index contributed by atoms with van der Waals surface area (Å²) in [4.78, 5) is 4.68. The standard InChI is InChI=1S/C23H23FN4O2/c1-14-15(2)26-22-12-19(17-7-10-20(29-3)21(11-17)30-4)27-28(22)23(14)25-13-16-5-8-18(24)9-6-16/h5-12,25H,13H2,1-4H3. The molecule has 2 aromatic heterocycles. The summed E-state index contributed by atoms with van der Waals surface area (Å²) in [6, 6.07) is 14.1. The van der Waals surface area contributed by atoms with Gasteiger partial charge in [-0.3, -0.25) is 0 Å². The highest BCUT2D eigenvalue weighted by Gasteiger charge is 2.15. The Morgan fingerprint density at radius 1 is 0.967 bits per heavy atom. The lowest BCUT2D eigenvalue weighted by Gasteiger charge is -2.13. The van der Waals surface area contributed by atoms with E-state index >= 15 is 0 Å². The van der Waals surface area contributed by atoms with E-state index in [0.29, 0.717) is 18.0 Å². The number of nitrogens with zero attached hydrogens (tertiary/aromatic N) is 3. The maximum absolute atomic E-state index is 13.2. The van der Waals surface area contributed by atoms with E-state index in [1.165, 1.54) is 12.1 Å². The summed E-state index contributed by atoms with van der Waals surface area (Å²) in [7, 11) is 3.22. The van der Waals surface area contributed by atoms with Gasteiger partial charge in [-0.15, -0.1) is 0 Å². The first-order valence-electron chi connectivity index (χ1n) is 9.58. The minimum absolute atomic E-state index is 0.247. The van der Waals surface area contributed by atoms with Crippen LogP contribution in [0.15, 0.2) is 48.5 Å². The van der Waals surface area contributed by atoms with Crippen LogP contribution in [0.2, 0.25) is 0 Å². The highest BCUT2D eigenvalue weighted by molar-refractivity contribution is 5.69. The van der Waals surface area contributed by atoms with Crippen LogP contribution >= 0.6 is 0 Å². The Morgan fingerprint density at radius 2 is 1.70 bits per heavy atom. The number of aryl methyl sites for hydroxylation is 1. The van der Waals surface area contributed by atoms with E-state index in [1.807, 2.05) is 38.1 Å². The van der Waals surface area contributed by atoms with Crippen LogP contribution < -0.4 is 14.8 Å². The summed E-state index contributed by atoms with van der Waals surface area (Å²) in [6.45, 7) is 4.53. The monoisotopic (exact) mass is 406 g/mol. The van der Waals surface area contributed by atoms with Crippen molar-refractivity contribution in [2.75, 3.05) is 19.5 Å². The van der Waals surface area contributed by atoms with Gasteiger partial charge < -0.3 is 14.8 Å². The molecule has 0 saturated carbocycles. The van der Waals surface area contributed by atoms with Gasteiger partial charge in [-0.2, -0.15) is 9.61 Å². The van der Waals surface area contributed by atoms with Gasteiger partial charge in [0.2, 0.25) is 0 Å². The number of hydrogen-bond acceptors (Lipinski definition) is 5. The van der Waals surface area contributed by atoms with Crippen molar-refractivity contribution < 1.29 is 13.9 Å². The lowest BCUT2D eigenvalue weighted by Crippen LogP contribution is -2.09. The summed E-state index contributed by atoms with van der Waals surface area (Å²) in [6.07, 6.45) is 0. The van der Waals surface area contributed by atoms with Crippen molar-refractivity contribution in [3.63, 3.8) is 0 Å². The van der Waals surface area contributed by atoms with E-state index in [9.17, 15) is 4.39 Å². The van der Waals surface area contributed by atoms with Gasteiger partial charge in [-0.05, 0) is 49.7 Å². The molecule has 0 fully saturated rings. The number of hydrogen-bond donors (Lipinski definition) is 1. The average molecular weight is 406 g/mol. The summed E-state index contributed by atoms with van der Waals surface area (Å²) in [5.41, 5.74) is 5.32. The largest absolute Gasteiger partial charge is 0.493 e. The van der Waals surface area contributed by atoms with Crippen LogP contribution in [0.1, 0.15) is 16.8 Å². The Labute approximate surface area is 174 Å². The zero-order valence-corrected chi connectivity index (χ0v) is 17.4. The number of anilines is 1. The first-order valence-corrected chi connectivity index (χ1v) is 9.58. The van der Waals surface area contributed by atoms with Crippen molar-refractivity contribution >= 4 is 11.5 Å². The molecule has 154 valence electrons. The van der Waals surface area contributed by atoms with Crippen LogP contribution in [0.3, 0.4) is 0 Å². The summed E-state index contributed by atoms with van der Waals surface area (Å²) in [5, 5.41) is 8.21. The van der Waals surface area contributed by atoms with Crippen molar-refractivity contribution in [2.45, 2.75) is 20.4 Å². The number of fused-ring (bicyclic) bond motifs is 1. The van der Waals surface area contributed by atoms with E-state index in [0.717, 1.165) is 39.5 Å². The number of aromatic nitrogens is 3. The summed E-state index contributed by atoms with van der Waals surface area (Å²) >= 11 is 0. The molecule has 0 atom stereocenters. The summed E-state index contributed by atoms with van der Waals surface area (Å²) < 4.78 is 25.7. The minimum Gasteiger partial charge on any atom is -0.493 e. The van der Waals surface area contributed by atoms with E-state index in [-0.39, 0.29) is 5.82 Å². The number of ether oxygens (including phenoxy) is 2. The molecule has 4 aromatic rings. The lowest BCUT2D eigenvalue weighted by molar-refractivity contribution is 0.355. The van der Waals surface area contributed by atoms with E-state index in [4.69, 9.17) is 14.6 Å². The molecule has 0 aliphatic rings. The zero-order valence-electron chi connectivity index (χ0n) is 17.4. The van der Waals surface area contributed by atoms with Crippen LogP contribution in [0.4, 0.5) is 10.2 Å². The van der Waals surface area contributed by atoms with Crippen LogP contribution in [-0.4, -0.2) is 28.8 Å². The first kappa shape index (κ1) is 19.7. The molecular formula is C23H23FN4O2. The van der Waals surface area contributed by atoms with Crippen molar-refractivity contribution in [1.82, 2.24) is 14.6 Å². The molecule has 0 radical (unpaired) electrons. The van der Waals surface area contributed by atoms with E-state index in [1.54, 1.807) is 30.9 Å². The maximum atomic E-state index is 13.2. The van der Waals surface area contributed by atoms with Gasteiger partial charge in [0.05, 0.1) is 19.9 Å². The molecular weight excluding hydrogens is 383 g/mol. The van der Waals surface area contributed by atoms with Crippen LogP contribution in [0.5, 0.6) is 11.5 Å². The number of methoxy groups -OCH3 is 2. The van der Waals surface area contributed by atoms with Gasteiger partial charge in [-0.25, -0.2) is 9.37 Å². The number of rotatable bonds is 6. The molecule has 6 nitrogen and oxygen atoms in total. The Hall–Kier alpha value is -3.61. The van der Waals surface area contributed by atoms with Crippen molar-refractivity contribution in [1.29, 1.82) is 0 Å². The van der Waals surface area contributed by atoms with Gasteiger partial charge in [0.25, 0.3) is 0 Å². The van der Waals surface area contributed by atoms with Crippen molar-refractivity contribution in [3.05, 3.63) is 71.2 Å². The van der Waals surface area contributed by atoms with Crippen molar-refractivity contribution in [2.24, 2.45) is 0 Å². The fraction of sp³-hybridized carbons (Fsp3) is 0.217. The first-order chi connectivity index (χ1) is 14.5. The van der Waals surface area contributed by atoms with Crippen molar-refractivity contribution in [3.8, 4) is 22.8 Å². The molecule has 0 spiro atoms. The predicted molar refractivity (Wildman–Crippen MR) is 115 cm³/mol. The molecule has 0 bridgehead atoms. The second kappa shape index (κ2) is 8.02. The van der Waals surface area contributed by atoms with Crippen LogP contribution in [0.25, 0.3) is 16.9 Å². The molecule has 2 heterocycles. The predicted octanol–water partition coefficient (Wildman–Crippen LogP) is 4.78. The molecule has 0 aliphatic heterocycles. The maximum Gasteiger partial charge on any atom is 0.161 e. The number of nitrogens with one attached hydrogen (secondary N) is 1. The number of benzene rings is 2. The van der Waals surface area contributed by atoms with Gasteiger partial charge in [0.15, 0.2) is 17.1 Å². The average Bonchev–Trinajstić information content (AvgIpc) is 3.18. The molecule has 0 saturated heterocycles. The lowest BCUT2D eigenvalue weighted by atomic mass is 10.1. The molecule has 4 rings (SSSR count). The highest BCUT2D eigenvalue weighted by Crippen LogP contribution is 2.32. The fourth-order valence-corrected chi connectivity index (χ4v) is 3.33.